The average Bonchev–Trinajstić information content (AvgIpc) is 2.72. The Hall–Kier alpha value is -1.94. The molecule has 3 rings (SSSR count). The fourth-order valence-electron chi connectivity index (χ4n) is 2.86. The van der Waals surface area contributed by atoms with Crippen LogP contribution >= 0.6 is 0 Å². The van der Waals surface area contributed by atoms with E-state index in [4.69, 9.17) is 4.98 Å². The Morgan fingerprint density at radius 2 is 1.81 bits per heavy atom. The van der Waals surface area contributed by atoms with Crippen molar-refractivity contribution in [3.05, 3.63) is 52.8 Å². The summed E-state index contributed by atoms with van der Waals surface area (Å²) in [6.07, 6.45) is 4.08. The van der Waals surface area contributed by atoms with Gasteiger partial charge in [-0.05, 0) is 37.9 Å². The molecule has 0 spiro atoms. The predicted molar refractivity (Wildman–Crippen MR) is 85.6 cm³/mol. The van der Waals surface area contributed by atoms with Crippen molar-refractivity contribution < 1.29 is 0 Å². The van der Waals surface area contributed by atoms with Crippen LogP contribution in [0, 0.1) is 6.92 Å². The Bertz CT molecular complexity index is 597. The van der Waals surface area contributed by atoms with E-state index in [0.717, 1.165) is 44.1 Å². The van der Waals surface area contributed by atoms with Crippen LogP contribution < -0.4 is 10.2 Å². The Morgan fingerprint density at radius 3 is 2.38 bits per heavy atom. The molecule has 0 amide bonds. The second-order valence-corrected chi connectivity index (χ2v) is 5.57. The molecule has 4 heteroatoms. The van der Waals surface area contributed by atoms with Gasteiger partial charge in [0, 0.05) is 37.1 Å². The number of anilines is 1. The number of aryl methyl sites for hydroxylation is 1. The molecule has 2 heterocycles. The zero-order chi connectivity index (χ0) is 14.7. The highest BCUT2D eigenvalue weighted by atomic mass is 15.2. The summed E-state index contributed by atoms with van der Waals surface area (Å²) < 4.78 is 0. The van der Waals surface area contributed by atoms with E-state index >= 15 is 0 Å². The third-order valence-corrected chi connectivity index (χ3v) is 4.14. The van der Waals surface area contributed by atoms with E-state index in [-0.39, 0.29) is 0 Å². The average molecular weight is 282 g/mol. The third kappa shape index (κ3) is 3.05. The highest BCUT2D eigenvalue weighted by Crippen LogP contribution is 2.19. The normalized spacial score (nSPS) is 14.7. The van der Waals surface area contributed by atoms with Gasteiger partial charge in [0.25, 0.3) is 0 Å². The van der Waals surface area contributed by atoms with Crippen molar-refractivity contribution in [3.8, 4) is 0 Å². The fraction of sp³-hybridized carbons (Fsp3) is 0.412. The molecule has 21 heavy (non-hydrogen) atoms. The summed E-state index contributed by atoms with van der Waals surface area (Å²) in [5.41, 5.74) is 5.16. The summed E-state index contributed by atoms with van der Waals surface area (Å²) in [4.78, 5) is 11.6. The first kappa shape index (κ1) is 14.0. The number of rotatable bonds is 3. The molecule has 0 radical (unpaired) electrons. The minimum absolute atomic E-state index is 0.817. The van der Waals surface area contributed by atoms with Crippen LogP contribution in [0.2, 0.25) is 0 Å². The second-order valence-electron chi connectivity index (χ2n) is 5.57. The van der Waals surface area contributed by atoms with Crippen LogP contribution in [0.25, 0.3) is 0 Å². The molecule has 1 aromatic heterocycles. The van der Waals surface area contributed by atoms with E-state index in [9.17, 15) is 0 Å². The first-order valence-corrected chi connectivity index (χ1v) is 7.57. The number of aromatic nitrogens is 2. The predicted octanol–water partition coefficient (Wildman–Crippen LogP) is 2.11. The zero-order valence-electron chi connectivity index (χ0n) is 12.8. The van der Waals surface area contributed by atoms with Gasteiger partial charge < -0.3 is 10.2 Å². The van der Waals surface area contributed by atoms with Gasteiger partial charge in [-0.25, -0.2) is 9.97 Å². The number of benzene rings is 1. The van der Waals surface area contributed by atoms with Crippen molar-refractivity contribution >= 4 is 5.95 Å². The molecule has 1 aliphatic heterocycles. The number of nitrogens with zero attached hydrogens (tertiary/aromatic N) is 3. The summed E-state index contributed by atoms with van der Waals surface area (Å²) >= 11 is 0. The lowest BCUT2D eigenvalue weighted by Gasteiger charge is -2.21. The van der Waals surface area contributed by atoms with Crippen LogP contribution in [0.5, 0.6) is 0 Å². The summed E-state index contributed by atoms with van der Waals surface area (Å²) in [6.45, 7) is 4.85. The molecule has 0 atom stereocenters. The van der Waals surface area contributed by atoms with Crippen molar-refractivity contribution in [2.45, 2.75) is 26.3 Å². The van der Waals surface area contributed by atoms with Crippen LogP contribution in [0.4, 0.5) is 5.95 Å². The molecular formula is C17H22N4. The van der Waals surface area contributed by atoms with E-state index in [1.807, 2.05) is 13.2 Å². The van der Waals surface area contributed by atoms with Gasteiger partial charge in [0.15, 0.2) is 0 Å². The van der Waals surface area contributed by atoms with E-state index in [1.165, 1.54) is 16.7 Å². The smallest absolute Gasteiger partial charge is 0.225 e. The molecule has 110 valence electrons. The topological polar surface area (TPSA) is 41.1 Å². The molecule has 0 bridgehead atoms. The molecule has 0 unspecified atom stereocenters. The molecule has 0 aliphatic carbocycles. The molecule has 1 aromatic carbocycles. The zero-order valence-corrected chi connectivity index (χ0v) is 12.8. The summed E-state index contributed by atoms with van der Waals surface area (Å²) in [5.74, 6) is 0.861. The first-order chi connectivity index (χ1) is 10.3. The van der Waals surface area contributed by atoms with Crippen molar-refractivity contribution in [2.75, 3.05) is 25.0 Å². The lowest BCUT2D eigenvalue weighted by atomic mass is 10.0. The van der Waals surface area contributed by atoms with Crippen LogP contribution in [0.1, 0.15) is 22.4 Å². The maximum atomic E-state index is 4.69. The van der Waals surface area contributed by atoms with Gasteiger partial charge in [0.05, 0.1) is 0 Å². The van der Waals surface area contributed by atoms with Gasteiger partial charge in [-0.1, -0.05) is 24.3 Å². The highest BCUT2D eigenvalue weighted by molar-refractivity contribution is 5.37. The van der Waals surface area contributed by atoms with E-state index < -0.39 is 0 Å². The second kappa shape index (κ2) is 6.22. The van der Waals surface area contributed by atoms with Crippen molar-refractivity contribution in [3.63, 3.8) is 0 Å². The van der Waals surface area contributed by atoms with Crippen LogP contribution in [0.3, 0.4) is 0 Å². The quantitative estimate of drug-likeness (QED) is 0.936. The minimum Gasteiger partial charge on any atom is -0.340 e. The lowest BCUT2D eigenvalue weighted by Crippen LogP contribution is -2.28. The van der Waals surface area contributed by atoms with Crippen molar-refractivity contribution in [2.24, 2.45) is 0 Å². The van der Waals surface area contributed by atoms with Gasteiger partial charge in [-0.15, -0.1) is 0 Å². The van der Waals surface area contributed by atoms with Gasteiger partial charge in [-0.2, -0.15) is 0 Å². The number of fused-ring (bicyclic) bond motifs is 1. The molecule has 1 aliphatic rings. The summed E-state index contributed by atoms with van der Waals surface area (Å²) in [5, 5.41) is 3.15. The molecular weight excluding hydrogens is 260 g/mol. The van der Waals surface area contributed by atoms with Crippen LogP contribution in [0.15, 0.2) is 30.5 Å². The SMILES string of the molecule is CNCc1cnc(N2CCc3ccccc3CC2)nc1C. The van der Waals surface area contributed by atoms with Gasteiger partial charge in [-0.3, -0.25) is 0 Å². The minimum atomic E-state index is 0.817. The standard InChI is InChI=1S/C17H22N4/c1-13-16(11-18-2)12-19-17(20-13)21-9-7-14-5-3-4-6-15(14)8-10-21/h3-6,12,18H,7-11H2,1-2H3. The van der Waals surface area contributed by atoms with E-state index in [0.29, 0.717) is 0 Å². The molecule has 2 aromatic rings. The maximum absolute atomic E-state index is 4.69. The largest absolute Gasteiger partial charge is 0.340 e. The van der Waals surface area contributed by atoms with Crippen LogP contribution in [-0.4, -0.2) is 30.1 Å². The Balaban J connectivity index is 1.78. The summed E-state index contributed by atoms with van der Waals surface area (Å²) in [6, 6.07) is 8.73. The van der Waals surface area contributed by atoms with E-state index in [1.54, 1.807) is 0 Å². The number of hydrogen-bond donors (Lipinski definition) is 1. The fourth-order valence-corrected chi connectivity index (χ4v) is 2.86. The van der Waals surface area contributed by atoms with Gasteiger partial charge in [0.1, 0.15) is 0 Å². The summed E-state index contributed by atoms with van der Waals surface area (Å²) in [7, 11) is 1.94. The highest BCUT2D eigenvalue weighted by Gasteiger charge is 2.16. The third-order valence-electron chi connectivity index (χ3n) is 4.14. The van der Waals surface area contributed by atoms with Crippen molar-refractivity contribution in [1.82, 2.24) is 15.3 Å². The molecule has 0 fully saturated rings. The number of hydrogen-bond acceptors (Lipinski definition) is 4. The molecule has 1 N–H and O–H groups in total. The van der Waals surface area contributed by atoms with Crippen LogP contribution in [-0.2, 0) is 19.4 Å². The van der Waals surface area contributed by atoms with E-state index in [2.05, 4.69) is 46.4 Å². The van der Waals surface area contributed by atoms with Gasteiger partial charge in [0.2, 0.25) is 5.95 Å². The Morgan fingerprint density at radius 1 is 1.14 bits per heavy atom. The maximum Gasteiger partial charge on any atom is 0.225 e. The molecule has 0 saturated heterocycles. The van der Waals surface area contributed by atoms with Gasteiger partial charge >= 0.3 is 0 Å². The monoisotopic (exact) mass is 282 g/mol. The number of nitrogens with one attached hydrogen (secondary N) is 1. The molecule has 0 saturated carbocycles. The lowest BCUT2D eigenvalue weighted by molar-refractivity contribution is 0.753. The van der Waals surface area contributed by atoms with Crippen molar-refractivity contribution in [1.29, 1.82) is 0 Å². The first-order valence-electron chi connectivity index (χ1n) is 7.57. The Kier molecular flexibility index (Phi) is 4.15. The Labute approximate surface area is 126 Å². The molecule has 4 nitrogen and oxygen atoms in total.